The van der Waals surface area contributed by atoms with Gasteiger partial charge in [0.05, 0.1) is 90.7 Å². The number of aliphatic hydroxyl groups excluding tert-OH is 9. The van der Waals surface area contributed by atoms with Crippen molar-refractivity contribution in [1.29, 1.82) is 0 Å². The van der Waals surface area contributed by atoms with Crippen molar-refractivity contribution >= 4 is 23.9 Å². The largest absolute Gasteiger partial charge is 2.00 e. The number of cyclic esters (lactones) is 1. The number of nitrogens with two attached hydrogens (primary N) is 1. The molecule has 3 aliphatic heterocycles. The number of aromatic carboxylic acids is 2. The molecule has 3 aliphatic rings. The van der Waals surface area contributed by atoms with E-state index in [1.807, 2.05) is 86.6 Å². The van der Waals surface area contributed by atoms with E-state index in [4.69, 9.17) is 34.9 Å². The monoisotopic (exact) mass is 1430 g/mol. The van der Waals surface area contributed by atoms with Crippen LogP contribution in [-0.2, 0) is 45.6 Å². The molecule has 0 aliphatic carbocycles. The van der Waals surface area contributed by atoms with E-state index < -0.39 is 159 Å². The van der Waals surface area contributed by atoms with Crippen LogP contribution in [0.4, 0.5) is 0 Å². The van der Waals surface area contributed by atoms with Crippen molar-refractivity contribution in [3.8, 4) is 11.5 Å². The Kier molecular flexibility index (Phi) is 38.1. The molecule has 2 fully saturated rings. The van der Waals surface area contributed by atoms with E-state index in [0.29, 0.717) is 11.1 Å². The third kappa shape index (κ3) is 28.2. The number of rotatable bonds is 9. The molecule has 2 bridgehead atoms. The van der Waals surface area contributed by atoms with E-state index in [0.717, 1.165) is 11.1 Å². The maximum atomic E-state index is 12.6. The van der Waals surface area contributed by atoms with Crippen molar-refractivity contribution < 1.29 is 132 Å². The summed E-state index contributed by atoms with van der Waals surface area (Å²) in [6.45, 7) is 22.3. The van der Waals surface area contributed by atoms with E-state index in [1.54, 1.807) is 80.7 Å². The molecule has 0 saturated carbocycles. The van der Waals surface area contributed by atoms with Gasteiger partial charge in [0.25, 0.3) is 0 Å². The number of fused-ring (bicyclic) bond motifs is 2. The summed E-state index contributed by atoms with van der Waals surface area (Å²) < 4.78 is 23.1. The number of carbonyl (C=O) groups is 4. The summed E-state index contributed by atoms with van der Waals surface area (Å²) in [5.74, 6) is -9.30. The SMILES string of the molecule is CC(C)c1cc(C(=O)O)c([O-])c(C(C)C)c1.CC(C)c1cc(C(=O)O)c([O-])c(C(C)C)c1.CC1OC(O[C@H]2C=CC=CC=CC=CC=CC=CC=CC(C)[C@@H](O)C(C)C(C)OC(=O)C[C@H](O)C[C@H](O)CC[C@@H](O)[C@H](O)C[C@H](O)C[C@]3(O)CC(O)[C@@H](C(=O)O)[C@H](C2)O3)C(O)C(N)C1O.[Cu+2]. The van der Waals surface area contributed by atoms with Crippen molar-refractivity contribution in [3.05, 3.63) is 143 Å². The van der Waals surface area contributed by atoms with Gasteiger partial charge in [-0.3, -0.25) is 9.59 Å². The molecule has 0 aromatic heterocycles. The number of carboxylic acid groups (broad SMARTS) is 3. The van der Waals surface area contributed by atoms with Gasteiger partial charge in [0, 0.05) is 37.5 Å². The fraction of sp³-hybridized carbons (Fsp3) is 0.589. The maximum absolute atomic E-state index is 12.6. The van der Waals surface area contributed by atoms with Gasteiger partial charge < -0.3 is 101 Å². The van der Waals surface area contributed by atoms with Crippen LogP contribution in [0.25, 0.3) is 0 Å². The number of carboxylic acids is 3. The van der Waals surface area contributed by atoms with Crippen molar-refractivity contribution in [2.75, 3.05) is 0 Å². The number of hydrogen-bond donors (Lipinski definition) is 14. The van der Waals surface area contributed by atoms with E-state index >= 15 is 0 Å². The van der Waals surface area contributed by atoms with Crippen LogP contribution < -0.4 is 15.9 Å². The predicted octanol–water partition coefficient (Wildman–Crippen LogP) is 6.12. The van der Waals surface area contributed by atoms with Crippen LogP contribution in [-0.4, -0.2) is 188 Å². The average molecular weight is 1430 g/mol. The summed E-state index contributed by atoms with van der Waals surface area (Å²) in [6, 6.07) is 5.47. The van der Waals surface area contributed by atoms with Crippen molar-refractivity contribution in [3.63, 3.8) is 0 Å². The molecule has 25 heteroatoms. The number of aliphatic carboxylic acids is 1. The number of hydrogen-bond acceptors (Lipinski definition) is 21. The molecule has 15 N–H and O–H groups in total. The molecular weight excluding hydrogens is 1320 g/mol. The second kappa shape index (κ2) is 42.3. The molecular formula is C73H107CuNO23. The molecule has 0 amide bonds. The smallest absolute Gasteiger partial charge is 0.872 e. The first kappa shape index (κ1) is 88.1. The first-order valence-corrected chi connectivity index (χ1v) is 33.2. The van der Waals surface area contributed by atoms with Gasteiger partial charge in [-0.2, -0.15) is 0 Å². The second-order valence-corrected chi connectivity index (χ2v) is 26.8. The zero-order chi connectivity index (χ0) is 73.3. The number of aliphatic hydroxyl groups is 10. The van der Waals surface area contributed by atoms with Crippen molar-refractivity contribution in [1.82, 2.24) is 0 Å². The summed E-state index contributed by atoms with van der Waals surface area (Å²) >= 11 is 0. The summed E-state index contributed by atoms with van der Waals surface area (Å²) in [7, 11) is 0. The first-order valence-electron chi connectivity index (χ1n) is 33.2. The van der Waals surface area contributed by atoms with Gasteiger partial charge in [-0.05, 0) is 80.0 Å². The Bertz CT molecular complexity index is 2950. The summed E-state index contributed by atoms with van der Waals surface area (Å²) in [6.07, 6.45) is 3.46. The molecule has 19 atom stereocenters. The van der Waals surface area contributed by atoms with E-state index in [2.05, 4.69) is 0 Å². The van der Waals surface area contributed by atoms with Gasteiger partial charge in [0.2, 0.25) is 0 Å². The van der Waals surface area contributed by atoms with Crippen LogP contribution >= 0.6 is 0 Å². The second-order valence-electron chi connectivity index (χ2n) is 26.8. The van der Waals surface area contributed by atoms with E-state index in [9.17, 15) is 85.6 Å². The third-order valence-corrected chi connectivity index (χ3v) is 17.3. The van der Waals surface area contributed by atoms with Crippen LogP contribution in [0.3, 0.4) is 0 Å². The predicted molar refractivity (Wildman–Crippen MR) is 359 cm³/mol. The summed E-state index contributed by atoms with van der Waals surface area (Å²) in [4.78, 5) is 47.0. The minimum atomic E-state index is -2.33. The number of benzene rings is 2. The fourth-order valence-electron chi connectivity index (χ4n) is 11.2. The minimum absolute atomic E-state index is 0. The molecule has 2 aromatic rings. The maximum Gasteiger partial charge on any atom is 2.00 e. The Hall–Kier alpha value is -5.94. The van der Waals surface area contributed by atoms with Gasteiger partial charge in [-0.25, -0.2) is 9.59 Å². The normalized spacial score (nSPS) is 31.5. The van der Waals surface area contributed by atoms with Crippen molar-refractivity contribution in [2.24, 2.45) is 23.5 Å². The number of allylic oxidation sites excluding steroid dienone is 12. The molecule has 24 nitrogen and oxygen atoms in total. The molecule has 553 valence electrons. The van der Waals surface area contributed by atoms with Crippen LogP contribution in [0, 0.1) is 17.8 Å². The van der Waals surface area contributed by atoms with Gasteiger partial charge in [0.1, 0.15) is 18.1 Å². The number of esters is 1. The van der Waals surface area contributed by atoms with E-state index in [1.165, 1.54) is 25.1 Å². The van der Waals surface area contributed by atoms with Gasteiger partial charge >= 0.3 is 40.9 Å². The first-order chi connectivity index (χ1) is 45.3. The number of ether oxygens (including phenoxy) is 4. The fourth-order valence-corrected chi connectivity index (χ4v) is 11.2. The Balaban J connectivity index is 0.000000799. The molecule has 1 radical (unpaired) electrons. The molecule has 5 rings (SSSR count). The zero-order valence-electron chi connectivity index (χ0n) is 58.0. The average Bonchev–Trinajstić information content (AvgIpc) is 0.794. The third-order valence-electron chi connectivity index (χ3n) is 17.3. The molecule has 9 unspecified atom stereocenters. The molecule has 2 saturated heterocycles. The van der Waals surface area contributed by atoms with E-state index in [-0.39, 0.29) is 95.0 Å². The topological polar surface area (TPSA) is 440 Å². The molecule has 3 heterocycles. The Morgan fingerprint density at radius 2 is 1.03 bits per heavy atom. The summed E-state index contributed by atoms with van der Waals surface area (Å²) in [5, 5.41) is 160. The van der Waals surface area contributed by atoms with Crippen molar-refractivity contribution in [2.45, 2.75) is 256 Å². The van der Waals surface area contributed by atoms with Crippen LogP contribution in [0.5, 0.6) is 11.5 Å². The summed E-state index contributed by atoms with van der Waals surface area (Å²) in [5.41, 5.74) is 8.77. The zero-order valence-corrected chi connectivity index (χ0v) is 59.0. The van der Waals surface area contributed by atoms with Crippen LogP contribution in [0.2, 0.25) is 0 Å². The van der Waals surface area contributed by atoms with Gasteiger partial charge in [-0.1, -0.05) is 189 Å². The Labute approximate surface area is 586 Å². The Morgan fingerprint density at radius 1 is 0.561 bits per heavy atom. The molecule has 98 heavy (non-hydrogen) atoms. The van der Waals surface area contributed by atoms with Crippen LogP contribution in [0.15, 0.2) is 109 Å². The Morgan fingerprint density at radius 3 is 1.48 bits per heavy atom. The van der Waals surface area contributed by atoms with Gasteiger partial charge in [-0.15, -0.1) is 0 Å². The molecule has 2 aromatic carbocycles. The quantitative estimate of drug-likeness (QED) is 0.0993. The minimum Gasteiger partial charge on any atom is -0.872 e. The van der Waals surface area contributed by atoms with Gasteiger partial charge in [0.15, 0.2) is 12.1 Å². The standard InChI is InChI=1S/C47H73NO17.2C13H18O3.Cu/c1-27-17-15-13-11-9-7-5-6-8-10-12-14-16-18-34(64-46-44(58)41(48)43(57)30(4)63-46)24-38-40(45(59)60)37(54)26-47(61,65-38)25-33(51)22-36(53)35(52)20-19-31(49)21-32(50)23-39(55)62-29(3)28(2)42(27)56;2*1-7(2)9-5-10(8(3)4)12(14)11(6-9)13(15)16;/h5-18,27-38,40-44,46,49-54,56-58,61H,19-26,48H2,1-4H3,(H,59,60);2*5-8,14H,1-4H3,(H,15,16);/q;;;+2/p-2/t27?,28?,29?,30?,31-,32-,33+,34+,35-,36-,37?,38+,40-,41?,42-,43?,44?,46?,47-;;;/m1.../s1. The van der Waals surface area contributed by atoms with Crippen LogP contribution in [0.1, 0.15) is 201 Å². The molecule has 0 spiro atoms. The number of carbonyl (C=O) groups excluding carboxylic acids is 1.